The van der Waals surface area contributed by atoms with E-state index in [0.29, 0.717) is 18.1 Å². The van der Waals surface area contributed by atoms with Gasteiger partial charge in [-0.05, 0) is 55.4 Å². The Bertz CT molecular complexity index is 406. The average molecular weight is 355 g/mol. The van der Waals surface area contributed by atoms with Gasteiger partial charge in [0.1, 0.15) is 0 Å². The summed E-state index contributed by atoms with van der Waals surface area (Å²) in [6.07, 6.45) is 0. The maximum absolute atomic E-state index is 12.6. The third-order valence-electron chi connectivity index (χ3n) is 2.13. The van der Waals surface area contributed by atoms with E-state index >= 15 is 0 Å². The number of phosphoric ester groups is 1. The van der Waals surface area contributed by atoms with Gasteiger partial charge in [-0.3, -0.25) is 9.05 Å². The van der Waals surface area contributed by atoms with Crippen molar-refractivity contribution in [2.24, 2.45) is 5.28 Å². The van der Waals surface area contributed by atoms with E-state index in [4.69, 9.17) is 18.4 Å². The topological polar surface area (TPSA) is 95.7 Å². The van der Waals surface area contributed by atoms with Crippen LogP contribution in [0.5, 0.6) is 0 Å². The molecule has 0 heterocycles. The van der Waals surface area contributed by atoms with E-state index in [1.807, 2.05) is 13.8 Å². The van der Waals surface area contributed by atoms with E-state index < -0.39 is 25.8 Å². The second-order valence-electron chi connectivity index (χ2n) is 6.70. The fourth-order valence-electron chi connectivity index (χ4n) is 1.42. The Morgan fingerprint density at radius 1 is 1.04 bits per heavy atom. The number of hydrogen-bond donors (Lipinski definition) is 0. The Labute approximate surface area is 138 Å². The van der Waals surface area contributed by atoms with Crippen molar-refractivity contribution < 1.29 is 27.9 Å². The molecule has 0 unspecified atom stereocenters. The van der Waals surface area contributed by atoms with Crippen molar-refractivity contribution in [1.82, 2.24) is 5.01 Å². The molecule has 138 valence electrons. The van der Waals surface area contributed by atoms with Crippen molar-refractivity contribution in [3.63, 3.8) is 0 Å². The molecular weight excluding hydrogens is 325 g/mol. The zero-order valence-corrected chi connectivity index (χ0v) is 16.3. The minimum absolute atomic E-state index is 0.309. The minimum Gasteiger partial charge on any atom is -0.569 e. The quantitative estimate of drug-likeness (QED) is 0.155. The molecule has 0 saturated heterocycles. The Morgan fingerprint density at radius 3 is 1.83 bits per heavy atom. The normalized spacial score (nSPS) is 14.0. The molecule has 0 aliphatic rings. The molecule has 0 aromatic heterocycles. The molecule has 0 aromatic carbocycles. The SMILES string of the molecule is CCN(CC)/[N+]([O-])=N\OCOP(=O)(OC(C)(C)C)OC(C)(C)C. The number of hydrazine groups is 1. The summed E-state index contributed by atoms with van der Waals surface area (Å²) in [7, 11) is -3.88. The first-order valence-corrected chi connectivity index (χ1v) is 8.99. The molecule has 0 bridgehead atoms. The summed E-state index contributed by atoms with van der Waals surface area (Å²) in [5.74, 6) is 0. The molecule has 0 spiro atoms. The Morgan fingerprint density at radius 2 is 1.48 bits per heavy atom. The van der Waals surface area contributed by atoms with Gasteiger partial charge in [0.2, 0.25) is 12.1 Å². The lowest BCUT2D eigenvalue weighted by Crippen LogP contribution is -2.30. The van der Waals surface area contributed by atoms with E-state index in [1.54, 1.807) is 41.5 Å². The van der Waals surface area contributed by atoms with Gasteiger partial charge in [-0.2, -0.15) is 0 Å². The fourth-order valence-corrected chi connectivity index (χ4v) is 3.08. The summed E-state index contributed by atoms with van der Waals surface area (Å²) >= 11 is 0. The smallest absolute Gasteiger partial charge is 0.478 e. The van der Waals surface area contributed by atoms with E-state index in [1.165, 1.54) is 5.01 Å². The van der Waals surface area contributed by atoms with Crippen molar-refractivity contribution in [3.05, 3.63) is 5.21 Å². The van der Waals surface area contributed by atoms with Crippen LogP contribution in [0.2, 0.25) is 0 Å². The molecule has 0 aromatic rings. The highest BCUT2D eigenvalue weighted by molar-refractivity contribution is 7.48. The van der Waals surface area contributed by atoms with Gasteiger partial charge in [0, 0.05) is 0 Å². The number of nitrogens with zero attached hydrogens (tertiary/aromatic N) is 3. The summed E-state index contributed by atoms with van der Waals surface area (Å²) in [6, 6.07) is 0. The van der Waals surface area contributed by atoms with E-state index in [-0.39, 0.29) is 0 Å². The van der Waals surface area contributed by atoms with Gasteiger partial charge >= 0.3 is 7.82 Å². The van der Waals surface area contributed by atoms with E-state index in [0.717, 1.165) is 0 Å². The van der Waals surface area contributed by atoms with Gasteiger partial charge in [-0.1, -0.05) is 0 Å². The van der Waals surface area contributed by atoms with Crippen LogP contribution in [0.1, 0.15) is 55.4 Å². The lowest BCUT2D eigenvalue weighted by atomic mass is 10.2. The van der Waals surface area contributed by atoms with Crippen molar-refractivity contribution in [2.45, 2.75) is 66.6 Å². The molecule has 0 amide bonds. The predicted molar refractivity (Wildman–Crippen MR) is 85.3 cm³/mol. The highest BCUT2D eigenvalue weighted by Crippen LogP contribution is 2.55. The summed E-state index contributed by atoms with van der Waals surface area (Å²) < 4.78 is 28.5. The lowest BCUT2D eigenvalue weighted by molar-refractivity contribution is -0.710. The second-order valence-corrected chi connectivity index (χ2v) is 8.22. The monoisotopic (exact) mass is 355 g/mol. The lowest BCUT2D eigenvalue weighted by Gasteiger charge is -2.30. The van der Waals surface area contributed by atoms with Crippen LogP contribution in [0.25, 0.3) is 0 Å². The largest absolute Gasteiger partial charge is 0.569 e. The predicted octanol–water partition coefficient (Wildman–Crippen LogP) is 3.85. The Kier molecular flexibility index (Phi) is 8.48. The second kappa shape index (κ2) is 8.82. The summed E-state index contributed by atoms with van der Waals surface area (Å²) in [4.78, 5) is 5.06. The molecule has 0 radical (unpaired) electrons. The summed E-state index contributed by atoms with van der Waals surface area (Å²) in [6.45, 7) is 14.4. The standard InChI is InChI=1S/C13H30N3O6P/c1-9-15(10-2)16(17)14-19-11-20-23(18,21-12(3,4)5)22-13(6,7)8/h9-11H2,1-8H3/b16-14+. The van der Waals surface area contributed by atoms with Crippen molar-refractivity contribution in [2.75, 3.05) is 19.9 Å². The molecule has 9 nitrogen and oxygen atoms in total. The van der Waals surface area contributed by atoms with E-state index in [2.05, 4.69) is 5.28 Å². The maximum atomic E-state index is 12.6. The van der Waals surface area contributed by atoms with Crippen molar-refractivity contribution in [1.29, 1.82) is 0 Å². The van der Waals surface area contributed by atoms with Gasteiger partial charge in [0.15, 0.2) is 0 Å². The van der Waals surface area contributed by atoms with Crippen molar-refractivity contribution in [3.8, 4) is 0 Å². The molecule has 0 fully saturated rings. The van der Waals surface area contributed by atoms with Gasteiger partial charge in [-0.15, -0.1) is 5.01 Å². The molecule has 0 saturated carbocycles. The van der Waals surface area contributed by atoms with Crippen LogP contribution in [0.15, 0.2) is 5.28 Å². The molecule has 0 atom stereocenters. The van der Waals surface area contributed by atoms with Crippen LogP contribution >= 0.6 is 7.82 Å². The van der Waals surface area contributed by atoms with Gasteiger partial charge in [0.05, 0.1) is 29.3 Å². The van der Waals surface area contributed by atoms with Gasteiger partial charge in [0.25, 0.3) is 0 Å². The molecule has 0 aliphatic carbocycles. The molecule has 0 N–H and O–H groups in total. The number of hydrogen-bond acceptors (Lipinski definition) is 7. The third-order valence-corrected chi connectivity index (χ3v) is 4.10. The summed E-state index contributed by atoms with van der Waals surface area (Å²) in [5, 5.41) is 16.2. The van der Waals surface area contributed by atoms with Crippen LogP contribution < -0.4 is 0 Å². The van der Waals surface area contributed by atoms with E-state index in [9.17, 15) is 9.77 Å². The highest BCUT2D eigenvalue weighted by atomic mass is 31.2. The number of phosphoric acid groups is 1. The first-order chi connectivity index (χ1) is 10.3. The van der Waals surface area contributed by atoms with Crippen LogP contribution in [-0.2, 0) is 23.0 Å². The van der Waals surface area contributed by atoms with Crippen LogP contribution in [0, 0.1) is 5.21 Å². The average Bonchev–Trinajstić information content (AvgIpc) is 2.31. The molecule has 0 aliphatic heterocycles. The fraction of sp³-hybridized carbons (Fsp3) is 1.00. The maximum Gasteiger partial charge on any atom is 0.478 e. The van der Waals surface area contributed by atoms with Gasteiger partial charge < -0.3 is 10.0 Å². The number of rotatable bonds is 9. The molecule has 10 heteroatoms. The third kappa shape index (κ3) is 10.5. The first-order valence-electron chi connectivity index (χ1n) is 7.53. The Hall–Kier alpha value is -0.890. The summed E-state index contributed by atoms with van der Waals surface area (Å²) in [5.41, 5.74) is -1.49. The minimum atomic E-state index is -3.88. The molecular formula is C13H30N3O6P. The van der Waals surface area contributed by atoms with Crippen molar-refractivity contribution >= 4 is 7.82 Å². The van der Waals surface area contributed by atoms with Gasteiger partial charge in [-0.25, -0.2) is 9.09 Å². The zero-order valence-electron chi connectivity index (χ0n) is 15.4. The highest BCUT2D eigenvalue weighted by Gasteiger charge is 2.37. The van der Waals surface area contributed by atoms with Crippen LogP contribution in [0.3, 0.4) is 0 Å². The Balaban J connectivity index is 4.75. The first kappa shape index (κ1) is 22.1. The van der Waals surface area contributed by atoms with Crippen LogP contribution in [-0.4, -0.2) is 41.1 Å². The molecule has 0 rings (SSSR count). The van der Waals surface area contributed by atoms with Crippen LogP contribution in [0.4, 0.5) is 0 Å². The molecule has 23 heavy (non-hydrogen) atoms. The zero-order chi connectivity index (χ0) is 18.3.